The van der Waals surface area contributed by atoms with E-state index in [1.807, 2.05) is 0 Å². The Morgan fingerprint density at radius 3 is 1.20 bits per heavy atom. The Bertz CT molecular complexity index is 566. The van der Waals surface area contributed by atoms with Crippen molar-refractivity contribution in [3.8, 4) is 0 Å². The van der Waals surface area contributed by atoms with Crippen LogP contribution < -0.4 is 0 Å². The van der Waals surface area contributed by atoms with E-state index in [-0.39, 0.29) is 5.97 Å². The number of hydrogen-bond acceptors (Lipinski definition) is 2. The minimum absolute atomic E-state index is 0.0167. The second-order valence-electron chi connectivity index (χ2n) is 14.5. The van der Waals surface area contributed by atoms with Gasteiger partial charge in [0.15, 0.2) is 0 Å². The first-order valence-corrected chi connectivity index (χ1v) is 20.5. The fourth-order valence-corrected chi connectivity index (χ4v) is 6.24. The molecule has 0 spiro atoms. The number of esters is 1. The van der Waals surface area contributed by atoms with Crippen LogP contribution in [0.15, 0.2) is 12.2 Å². The van der Waals surface area contributed by atoms with Gasteiger partial charge in [-0.15, -0.1) is 0 Å². The maximum absolute atomic E-state index is 11.9. The Labute approximate surface area is 278 Å². The standard InChI is InChI=1S/C42H82O2/c1-4-5-6-7-8-9-23-27-30-33-36-39-42(43)44-40-37-34-31-28-25-22-20-18-16-14-12-10-11-13-15-17-19-21-24-26-29-32-35-38-41(2)3/h7-8,41H,4-6,9-40H2,1-3H3/b8-7-. The van der Waals surface area contributed by atoms with Crippen LogP contribution in [0.3, 0.4) is 0 Å². The molecule has 0 amide bonds. The molecule has 0 atom stereocenters. The van der Waals surface area contributed by atoms with E-state index in [0.717, 1.165) is 25.2 Å². The van der Waals surface area contributed by atoms with Crippen LogP contribution in [0.1, 0.15) is 239 Å². The van der Waals surface area contributed by atoms with Gasteiger partial charge in [0.25, 0.3) is 0 Å². The molecule has 0 heterocycles. The van der Waals surface area contributed by atoms with Gasteiger partial charge in [-0.25, -0.2) is 0 Å². The third-order valence-corrected chi connectivity index (χ3v) is 9.33. The number of carbonyl (C=O) groups is 1. The molecule has 0 unspecified atom stereocenters. The lowest BCUT2D eigenvalue weighted by Crippen LogP contribution is -2.05. The van der Waals surface area contributed by atoms with Crippen molar-refractivity contribution in [1.82, 2.24) is 0 Å². The first-order valence-electron chi connectivity index (χ1n) is 20.5. The Morgan fingerprint density at radius 1 is 0.455 bits per heavy atom. The second kappa shape index (κ2) is 38.4. The summed E-state index contributed by atoms with van der Waals surface area (Å²) in [5, 5.41) is 0. The summed E-state index contributed by atoms with van der Waals surface area (Å²) in [7, 11) is 0. The predicted molar refractivity (Wildman–Crippen MR) is 198 cm³/mol. The summed E-state index contributed by atoms with van der Waals surface area (Å²) in [4.78, 5) is 11.9. The van der Waals surface area contributed by atoms with E-state index in [2.05, 4.69) is 32.9 Å². The lowest BCUT2D eigenvalue weighted by atomic mass is 10.0. The van der Waals surface area contributed by atoms with Crippen LogP contribution in [0, 0.1) is 5.92 Å². The smallest absolute Gasteiger partial charge is 0.305 e. The van der Waals surface area contributed by atoms with E-state index < -0.39 is 0 Å². The molecule has 0 radical (unpaired) electrons. The Hall–Kier alpha value is -0.790. The number of rotatable bonds is 37. The highest BCUT2D eigenvalue weighted by molar-refractivity contribution is 5.69. The maximum Gasteiger partial charge on any atom is 0.305 e. The first-order chi connectivity index (χ1) is 21.7. The normalized spacial score (nSPS) is 11.7. The van der Waals surface area contributed by atoms with Crippen molar-refractivity contribution in [2.45, 2.75) is 239 Å². The number of unbranched alkanes of at least 4 members (excludes halogenated alkanes) is 29. The first kappa shape index (κ1) is 43.2. The molecule has 2 heteroatoms. The largest absolute Gasteiger partial charge is 0.466 e. The van der Waals surface area contributed by atoms with Gasteiger partial charge in [0, 0.05) is 6.42 Å². The van der Waals surface area contributed by atoms with Crippen molar-refractivity contribution < 1.29 is 9.53 Å². The molecule has 0 fully saturated rings. The maximum atomic E-state index is 11.9. The summed E-state index contributed by atoms with van der Waals surface area (Å²) in [6.07, 6.45) is 50.2. The minimum atomic E-state index is 0.0167. The van der Waals surface area contributed by atoms with E-state index in [1.165, 1.54) is 193 Å². The van der Waals surface area contributed by atoms with Crippen LogP contribution in [0.4, 0.5) is 0 Å². The summed E-state index contributed by atoms with van der Waals surface area (Å²) in [6, 6.07) is 0. The zero-order valence-corrected chi connectivity index (χ0v) is 30.8. The van der Waals surface area contributed by atoms with E-state index in [4.69, 9.17) is 4.74 Å². The quantitative estimate of drug-likeness (QED) is 0.0393. The average Bonchev–Trinajstić information content (AvgIpc) is 3.01. The fourth-order valence-electron chi connectivity index (χ4n) is 6.24. The van der Waals surface area contributed by atoms with Crippen molar-refractivity contribution in [2.75, 3.05) is 6.61 Å². The lowest BCUT2D eigenvalue weighted by molar-refractivity contribution is -0.143. The third-order valence-electron chi connectivity index (χ3n) is 9.33. The van der Waals surface area contributed by atoms with Crippen molar-refractivity contribution in [2.24, 2.45) is 5.92 Å². The van der Waals surface area contributed by atoms with Crippen molar-refractivity contribution in [3.63, 3.8) is 0 Å². The monoisotopic (exact) mass is 619 g/mol. The molecule has 2 nitrogen and oxygen atoms in total. The highest BCUT2D eigenvalue weighted by Gasteiger charge is 2.03. The van der Waals surface area contributed by atoms with E-state index in [0.29, 0.717) is 13.0 Å². The predicted octanol–water partition coefficient (Wildman–Crippen LogP) is 15.0. The number of allylic oxidation sites excluding steroid dienone is 2. The van der Waals surface area contributed by atoms with Crippen molar-refractivity contribution in [3.05, 3.63) is 12.2 Å². The Balaban J connectivity index is 3.14. The molecule has 262 valence electrons. The van der Waals surface area contributed by atoms with Gasteiger partial charge in [-0.2, -0.15) is 0 Å². The van der Waals surface area contributed by atoms with Gasteiger partial charge in [0.2, 0.25) is 0 Å². The number of ether oxygens (including phenoxy) is 1. The number of carbonyl (C=O) groups excluding carboxylic acids is 1. The van der Waals surface area contributed by atoms with Crippen LogP contribution in [-0.2, 0) is 9.53 Å². The van der Waals surface area contributed by atoms with Crippen LogP contribution in [0.25, 0.3) is 0 Å². The molecule has 0 rings (SSSR count). The Morgan fingerprint density at radius 2 is 0.795 bits per heavy atom. The minimum Gasteiger partial charge on any atom is -0.466 e. The highest BCUT2D eigenvalue weighted by atomic mass is 16.5. The SMILES string of the molecule is CCCC/C=C\CCCCCCCC(=O)OCCCCCCCCCCCCCCCCCCCCCCCCCC(C)C. The molecule has 0 saturated heterocycles. The number of hydrogen-bond donors (Lipinski definition) is 0. The summed E-state index contributed by atoms with van der Waals surface area (Å²) in [5.41, 5.74) is 0. The van der Waals surface area contributed by atoms with Crippen molar-refractivity contribution >= 4 is 5.97 Å². The van der Waals surface area contributed by atoms with Gasteiger partial charge in [0.1, 0.15) is 0 Å². The highest BCUT2D eigenvalue weighted by Crippen LogP contribution is 2.16. The van der Waals surface area contributed by atoms with E-state index in [9.17, 15) is 4.79 Å². The molecule has 0 aliphatic heterocycles. The van der Waals surface area contributed by atoms with E-state index in [1.54, 1.807) is 0 Å². The summed E-state index contributed by atoms with van der Waals surface area (Å²) < 4.78 is 5.44. The summed E-state index contributed by atoms with van der Waals surface area (Å²) >= 11 is 0. The summed E-state index contributed by atoms with van der Waals surface area (Å²) in [5.74, 6) is 0.902. The molecule has 44 heavy (non-hydrogen) atoms. The third kappa shape index (κ3) is 39.2. The van der Waals surface area contributed by atoms with Crippen LogP contribution in [0.2, 0.25) is 0 Å². The van der Waals surface area contributed by atoms with E-state index >= 15 is 0 Å². The zero-order chi connectivity index (χ0) is 32.0. The molecule has 0 aliphatic rings. The molecule has 0 aromatic heterocycles. The second-order valence-corrected chi connectivity index (χ2v) is 14.5. The van der Waals surface area contributed by atoms with Crippen molar-refractivity contribution in [1.29, 1.82) is 0 Å². The topological polar surface area (TPSA) is 26.3 Å². The van der Waals surface area contributed by atoms with Gasteiger partial charge in [-0.05, 0) is 38.0 Å². The molecule has 0 N–H and O–H groups in total. The van der Waals surface area contributed by atoms with Crippen LogP contribution in [-0.4, -0.2) is 12.6 Å². The van der Waals surface area contributed by atoms with Gasteiger partial charge < -0.3 is 4.74 Å². The fraction of sp³-hybridized carbons (Fsp3) is 0.929. The van der Waals surface area contributed by atoms with Gasteiger partial charge in [-0.3, -0.25) is 4.79 Å². The molecule has 0 aromatic carbocycles. The molecular formula is C42H82O2. The van der Waals surface area contributed by atoms with Gasteiger partial charge in [0.05, 0.1) is 6.61 Å². The van der Waals surface area contributed by atoms with Gasteiger partial charge >= 0.3 is 5.97 Å². The summed E-state index contributed by atoms with van der Waals surface area (Å²) in [6.45, 7) is 7.56. The molecule has 0 saturated carbocycles. The lowest BCUT2D eigenvalue weighted by Gasteiger charge is -2.06. The molecule has 0 aromatic rings. The average molecular weight is 619 g/mol. The molecular weight excluding hydrogens is 536 g/mol. The molecule has 0 aliphatic carbocycles. The Kier molecular flexibility index (Phi) is 37.7. The van der Waals surface area contributed by atoms with Gasteiger partial charge in [-0.1, -0.05) is 213 Å². The molecule has 0 bridgehead atoms. The van der Waals surface area contributed by atoms with Crippen LogP contribution in [0.5, 0.6) is 0 Å². The van der Waals surface area contributed by atoms with Crippen LogP contribution >= 0.6 is 0 Å². The zero-order valence-electron chi connectivity index (χ0n) is 30.8.